The Balaban J connectivity index is 2.09. The van der Waals surface area contributed by atoms with Gasteiger partial charge in [-0.25, -0.2) is 0 Å². The Labute approximate surface area is 114 Å². The van der Waals surface area contributed by atoms with Crippen LogP contribution in [0.2, 0.25) is 0 Å². The van der Waals surface area contributed by atoms with Crippen LogP contribution in [-0.2, 0) is 6.42 Å². The third-order valence-electron chi connectivity index (χ3n) is 3.47. The number of nitrogens with zero attached hydrogens (tertiary/aromatic N) is 1. The molecule has 100 valence electrons. The maximum atomic E-state index is 9.60. The highest BCUT2D eigenvalue weighted by Gasteiger charge is 2.24. The summed E-state index contributed by atoms with van der Waals surface area (Å²) in [4.78, 5) is 3.96. The lowest BCUT2D eigenvalue weighted by Crippen LogP contribution is -2.41. The second-order valence-corrected chi connectivity index (χ2v) is 6.06. The number of hydrogen-bond acceptors (Lipinski definition) is 3. The number of thioether (sulfide) groups is 1. The Morgan fingerprint density at radius 1 is 1.28 bits per heavy atom. The average Bonchev–Trinajstić information content (AvgIpc) is 2.37. The first kappa shape index (κ1) is 13.8. The standard InChI is InChI=1S/C15H23NOS/c1-3-7-16(8-4-2)13-9-12-10-14(17)5-6-15(12)18-11-13/h5-6,10,13,17H,3-4,7-9,11H2,1-2H3. The molecule has 1 aliphatic rings. The van der Waals surface area contributed by atoms with Crippen LogP contribution in [0.3, 0.4) is 0 Å². The van der Waals surface area contributed by atoms with E-state index in [-0.39, 0.29) is 0 Å². The first-order valence-corrected chi connectivity index (χ1v) is 7.91. The number of phenolic OH excluding ortho intramolecular Hbond substituents is 1. The van der Waals surface area contributed by atoms with Crippen LogP contribution in [-0.4, -0.2) is 34.9 Å². The molecule has 0 aromatic heterocycles. The van der Waals surface area contributed by atoms with Crippen molar-refractivity contribution in [3.05, 3.63) is 23.8 Å². The zero-order chi connectivity index (χ0) is 13.0. The number of phenols is 1. The minimum absolute atomic E-state index is 0.396. The summed E-state index contributed by atoms with van der Waals surface area (Å²) >= 11 is 1.93. The maximum absolute atomic E-state index is 9.60. The van der Waals surface area contributed by atoms with E-state index in [2.05, 4.69) is 24.8 Å². The quantitative estimate of drug-likeness (QED) is 0.881. The molecule has 2 rings (SSSR count). The largest absolute Gasteiger partial charge is 0.508 e. The topological polar surface area (TPSA) is 23.5 Å². The SMILES string of the molecule is CCCN(CCC)C1CSc2ccc(O)cc2C1. The van der Waals surface area contributed by atoms with Crippen molar-refractivity contribution < 1.29 is 5.11 Å². The normalized spacial score (nSPS) is 18.9. The zero-order valence-electron chi connectivity index (χ0n) is 11.4. The molecule has 1 heterocycles. The molecule has 0 fully saturated rings. The third-order valence-corrected chi connectivity index (χ3v) is 4.73. The van der Waals surface area contributed by atoms with Gasteiger partial charge < -0.3 is 5.11 Å². The van der Waals surface area contributed by atoms with E-state index >= 15 is 0 Å². The van der Waals surface area contributed by atoms with E-state index in [4.69, 9.17) is 0 Å². The van der Waals surface area contributed by atoms with Crippen molar-refractivity contribution >= 4 is 11.8 Å². The summed E-state index contributed by atoms with van der Waals surface area (Å²) < 4.78 is 0. The second-order valence-electron chi connectivity index (χ2n) is 5.00. The summed E-state index contributed by atoms with van der Waals surface area (Å²) in [7, 11) is 0. The Kier molecular flexibility index (Phi) is 4.95. The van der Waals surface area contributed by atoms with E-state index in [1.165, 1.54) is 42.1 Å². The van der Waals surface area contributed by atoms with Gasteiger partial charge in [0.05, 0.1) is 0 Å². The van der Waals surface area contributed by atoms with Gasteiger partial charge in [0.1, 0.15) is 5.75 Å². The monoisotopic (exact) mass is 265 g/mol. The lowest BCUT2D eigenvalue weighted by molar-refractivity contribution is 0.209. The van der Waals surface area contributed by atoms with E-state index < -0.39 is 0 Å². The summed E-state index contributed by atoms with van der Waals surface area (Å²) in [6.07, 6.45) is 3.51. The predicted octanol–water partition coefficient (Wildman–Crippen LogP) is 3.53. The Bertz CT molecular complexity index is 388. The summed E-state index contributed by atoms with van der Waals surface area (Å²) in [6.45, 7) is 6.87. The Hall–Kier alpha value is -0.670. The van der Waals surface area contributed by atoms with Crippen molar-refractivity contribution in [1.82, 2.24) is 4.90 Å². The zero-order valence-corrected chi connectivity index (χ0v) is 12.2. The second kappa shape index (κ2) is 6.48. The van der Waals surface area contributed by atoms with Crippen LogP contribution in [0.5, 0.6) is 5.75 Å². The lowest BCUT2D eigenvalue weighted by Gasteiger charge is -2.34. The van der Waals surface area contributed by atoms with E-state index in [1.807, 2.05) is 17.8 Å². The summed E-state index contributed by atoms with van der Waals surface area (Å²) in [6, 6.07) is 6.41. The van der Waals surface area contributed by atoms with Gasteiger partial charge in [-0.15, -0.1) is 11.8 Å². The van der Waals surface area contributed by atoms with E-state index in [9.17, 15) is 5.11 Å². The van der Waals surface area contributed by atoms with Gasteiger partial charge in [0.25, 0.3) is 0 Å². The van der Waals surface area contributed by atoms with Crippen LogP contribution in [0.25, 0.3) is 0 Å². The highest BCUT2D eigenvalue weighted by Crippen LogP contribution is 2.34. The van der Waals surface area contributed by atoms with Crippen LogP contribution in [0, 0.1) is 0 Å². The summed E-state index contributed by atoms with van der Waals surface area (Å²) in [5.41, 5.74) is 1.31. The van der Waals surface area contributed by atoms with Crippen molar-refractivity contribution in [1.29, 1.82) is 0 Å². The van der Waals surface area contributed by atoms with E-state index in [0.717, 1.165) is 6.42 Å². The van der Waals surface area contributed by atoms with Crippen LogP contribution in [0.1, 0.15) is 32.3 Å². The van der Waals surface area contributed by atoms with Crippen molar-refractivity contribution in [3.63, 3.8) is 0 Å². The number of aromatic hydroxyl groups is 1. The first-order chi connectivity index (χ1) is 8.74. The molecule has 0 saturated carbocycles. The van der Waals surface area contributed by atoms with Crippen molar-refractivity contribution in [2.24, 2.45) is 0 Å². The van der Waals surface area contributed by atoms with Gasteiger partial charge in [-0.2, -0.15) is 0 Å². The molecular formula is C15H23NOS. The lowest BCUT2D eigenvalue weighted by atomic mass is 10.0. The number of rotatable bonds is 5. The molecule has 18 heavy (non-hydrogen) atoms. The fourth-order valence-corrected chi connectivity index (χ4v) is 3.84. The summed E-state index contributed by atoms with van der Waals surface area (Å²) in [5.74, 6) is 1.57. The Morgan fingerprint density at radius 2 is 2.00 bits per heavy atom. The molecule has 0 aliphatic carbocycles. The molecule has 1 atom stereocenters. The van der Waals surface area contributed by atoms with Crippen LogP contribution in [0.15, 0.2) is 23.1 Å². The molecule has 3 heteroatoms. The van der Waals surface area contributed by atoms with Crippen LogP contribution >= 0.6 is 11.8 Å². The molecule has 1 aliphatic heterocycles. The molecule has 1 N–H and O–H groups in total. The molecule has 1 aromatic carbocycles. The molecule has 0 radical (unpaired) electrons. The van der Waals surface area contributed by atoms with Crippen molar-refractivity contribution in [2.75, 3.05) is 18.8 Å². The fourth-order valence-electron chi connectivity index (χ4n) is 2.65. The number of fused-ring (bicyclic) bond motifs is 1. The van der Waals surface area contributed by atoms with Gasteiger partial charge in [0.2, 0.25) is 0 Å². The third kappa shape index (κ3) is 3.21. The number of benzene rings is 1. The highest BCUT2D eigenvalue weighted by atomic mass is 32.2. The minimum Gasteiger partial charge on any atom is -0.508 e. The molecule has 0 saturated heterocycles. The van der Waals surface area contributed by atoms with Crippen LogP contribution < -0.4 is 0 Å². The molecule has 1 aromatic rings. The van der Waals surface area contributed by atoms with Crippen molar-refractivity contribution in [3.8, 4) is 5.75 Å². The smallest absolute Gasteiger partial charge is 0.115 e. The molecule has 0 bridgehead atoms. The molecule has 2 nitrogen and oxygen atoms in total. The number of hydrogen-bond donors (Lipinski definition) is 1. The van der Waals surface area contributed by atoms with Gasteiger partial charge in [-0.1, -0.05) is 13.8 Å². The summed E-state index contributed by atoms with van der Waals surface area (Å²) in [5, 5.41) is 9.60. The van der Waals surface area contributed by atoms with E-state index in [0.29, 0.717) is 11.8 Å². The molecule has 0 amide bonds. The first-order valence-electron chi connectivity index (χ1n) is 6.93. The van der Waals surface area contributed by atoms with Gasteiger partial charge >= 0.3 is 0 Å². The van der Waals surface area contributed by atoms with Gasteiger partial charge in [-0.3, -0.25) is 4.90 Å². The van der Waals surface area contributed by atoms with Gasteiger partial charge in [0.15, 0.2) is 0 Å². The molecule has 0 spiro atoms. The van der Waals surface area contributed by atoms with E-state index in [1.54, 1.807) is 6.07 Å². The molecule has 1 unspecified atom stereocenters. The molecular weight excluding hydrogens is 242 g/mol. The van der Waals surface area contributed by atoms with Crippen LogP contribution in [0.4, 0.5) is 0 Å². The van der Waals surface area contributed by atoms with Gasteiger partial charge in [-0.05, 0) is 56.1 Å². The fraction of sp³-hybridized carbons (Fsp3) is 0.600. The van der Waals surface area contributed by atoms with Crippen molar-refractivity contribution in [2.45, 2.75) is 44.0 Å². The highest BCUT2D eigenvalue weighted by molar-refractivity contribution is 7.99. The maximum Gasteiger partial charge on any atom is 0.115 e. The predicted molar refractivity (Wildman–Crippen MR) is 78.5 cm³/mol. The minimum atomic E-state index is 0.396. The van der Waals surface area contributed by atoms with Gasteiger partial charge in [0, 0.05) is 16.7 Å². The Morgan fingerprint density at radius 3 is 2.67 bits per heavy atom. The average molecular weight is 265 g/mol.